The first-order valence-electron chi connectivity index (χ1n) is 5.32. The zero-order valence-electron chi connectivity index (χ0n) is 9.75. The van der Waals surface area contributed by atoms with Gasteiger partial charge < -0.3 is 5.32 Å². The van der Waals surface area contributed by atoms with E-state index in [1.165, 1.54) is 11.3 Å². The van der Waals surface area contributed by atoms with Gasteiger partial charge in [0.1, 0.15) is 6.04 Å². The van der Waals surface area contributed by atoms with Gasteiger partial charge in [-0.1, -0.05) is 0 Å². The topological polar surface area (TPSA) is 59.8 Å². The van der Waals surface area contributed by atoms with Crippen molar-refractivity contribution in [1.82, 2.24) is 20.1 Å². The minimum absolute atomic E-state index is 0.0545. The highest BCUT2D eigenvalue weighted by molar-refractivity contribution is 7.07. The third kappa shape index (κ3) is 2.91. The number of rotatable bonds is 4. The summed E-state index contributed by atoms with van der Waals surface area (Å²) in [4.78, 5) is 16.0. The van der Waals surface area contributed by atoms with Crippen LogP contribution >= 0.6 is 11.3 Å². The Balaban J connectivity index is 1.91. The van der Waals surface area contributed by atoms with Crippen molar-refractivity contribution in [3.05, 3.63) is 34.5 Å². The standard InChI is InChI=1S/C11H14N4OS/c1-8-3-14-15(5-8)9(2)11(16)12-4-10-6-17-7-13-10/h3,5-7,9H,4H2,1-2H3,(H,12,16). The van der Waals surface area contributed by atoms with Crippen LogP contribution in [0, 0.1) is 6.92 Å². The van der Waals surface area contributed by atoms with Gasteiger partial charge in [0.25, 0.3) is 0 Å². The van der Waals surface area contributed by atoms with Crippen molar-refractivity contribution in [2.45, 2.75) is 26.4 Å². The fourth-order valence-corrected chi connectivity index (χ4v) is 1.97. The summed E-state index contributed by atoms with van der Waals surface area (Å²) in [7, 11) is 0. The molecular formula is C11H14N4OS. The molecule has 0 spiro atoms. The van der Waals surface area contributed by atoms with Gasteiger partial charge in [-0.2, -0.15) is 5.10 Å². The van der Waals surface area contributed by atoms with Crippen molar-refractivity contribution in [2.24, 2.45) is 0 Å². The number of aryl methyl sites for hydroxylation is 1. The van der Waals surface area contributed by atoms with E-state index < -0.39 is 0 Å². The lowest BCUT2D eigenvalue weighted by Gasteiger charge is -2.11. The Morgan fingerprint density at radius 1 is 1.65 bits per heavy atom. The van der Waals surface area contributed by atoms with Crippen LogP contribution in [-0.2, 0) is 11.3 Å². The number of hydrogen-bond donors (Lipinski definition) is 1. The monoisotopic (exact) mass is 250 g/mol. The van der Waals surface area contributed by atoms with Crippen LogP contribution in [0.2, 0.25) is 0 Å². The molecular weight excluding hydrogens is 236 g/mol. The molecule has 0 aliphatic rings. The van der Waals surface area contributed by atoms with Crippen molar-refractivity contribution >= 4 is 17.2 Å². The molecule has 17 heavy (non-hydrogen) atoms. The number of hydrogen-bond acceptors (Lipinski definition) is 4. The van der Waals surface area contributed by atoms with E-state index in [0.717, 1.165) is 11.3 Å². The van der Waals surface area contributed by atoms with Gasteiger partial charge >= 0.3 is 0 Å². The van der Waals surface area contributed by atoms with E-state index in [9.17, 15) is 4.79 Å². The molecule has 1 atom stereocenters. The molecule has 1 amide bonds. The zero-order chi connectivity index (χ0) is 12.3. The highest BCUT2D eigenvalue weighted by Gasteiger charge is 2.15. The number of nitrogens with zero attached hydrogens (tertiary/aromatic N) is 3. The van der Waals surface area contributed by atoms with Crippen LogP contribution in [0.15, 0.2) is 23.3 Å². The van der Waals surface area contributed by atoms with E-state index in [1.54, 1.807) is 16.4 Å². The largest absolute Gasteiger partial charge is 0.349 e. The Kier molecular flexibility index (Phi) is 3.53. The van der Waals surface area contributed by atoms with E-state index in [4.69, 9.17) is 0 Å². The van der Waals surface area contributed by atoms with Crippen molar-refractivity contribution in [2.75, 3.05) is 0 Å². The van der Waals surface area contributed by atoms with Crippen LogP contribution in [0.3, 0.4) is 0 Å². The molecule has 0 fully saturated rings. The Morgan fingerprint density at radius 3 is 3.06 bits per heavy atom. The molecule has 1 unspecified atom stereocenters. The molecule has 2 heterocycles. The Morgan fingerprint density at radius 2 is 2.47 bits per heavy atom. The van der Waals surface area contributed by atoms with Gasteiger partial charge in [-0.25, -0.2) is 4.98 Å². The normalized spacial score (nSPS) is 12.4. The van der Waals surface area contributed by atoms with Gasteiger partial charge in [0.05, 0.1) is 23.9 Å². The Bertz CT molecular complexity index is 491. The number of thiazole rings is 1. The second kappa shape index (κ2) is 5.09. The Hall–Kier alpha value is -1.69. The van der Waals surface area contributed by atoms with Gasteiger partial charge in [0.15, 0.2) is 0 Å². The third-order valence-corrected chi connectivity index (χ3v) is 3.07. The van der Waals surface area contributed by atoms with E-state index in [0.29, 0.717) is 6.54 Å². The summed E-state index contributed by atoms with van der Waals surface area (Å²) < 4.78 is 1.66. The van der Waals surface area contributed by atoms with Gasteiger partial charge in [-0.3, -0.25) is 9.48 Å². The predicted molar refractivity (Wildman–Crippen MR) is 65.6 cm³/mol. The first-order chi connectivity index (χ1) is 8.16. The van der Waals surface area contributed by atoms with Gasteiger partial charge in [0.2, 0.25) is 5.91 Å². The number of amides is 1. The van der Waals surface area contributed by atoms with E-state index >= 15 is 0 Å². The quantitative estimate of drug-likeness (QED) is 0.895. The molecule has 2 aromatic rings. The molecule has 0 aliphatic carbocycles. The summed E-state index contributed by atoms with van der Waals surface area (Å²) >= 11 is 1.52. The van der Waals surface area contributed by atoms with Crippen molar-refractivity contribution in [3.63, 3.8) is 0 Å². The van der Waals surface area contributed by atoms with E-state index in [1.807, 2.05) is 25.4 Å². The predicted octanol–water partition coefficient (Wildman–Crippen LogP) is 1.53. The number of nitrogens with one attached hydrogen (secondary N) is 1. The van der Waals surface area contributed by atoms with Gasteiger partial charge in [-0.05, 0) is 19.4 Å². The van der Waals surface area contributed by atoms with Crippen LogP contribution in [0.25, 0.3) is 0 Å². The molecule has 6 heteroatoms. The summed E-state index contributed by atoms with van der Waals surface area (Å²) in [5, 5.41) is 8.88. The molecule has 0 saturated carbocycles. The third-order valence-electron chi connectivity index (χ3n) is 2.43. The lowest BCUT2D eigenvalue weighted by atomic mass is 10.3. The average molecular weight is 250 g/mol. The van der Waals surface area contributed by atoms with Gasteiger partial charge in [-0.15, -0.1) is 11.3 Å². The van der Waals surface area contributed by atoms with Crippen molar-refractivity contribution in [3.8, 4) is 0 Å². The maximum atomic E-state index is 11.9. The van der Waals surface area contributed by atoms with Crippen LogP contribution < -0.4 is 5.32 Å². The smallest absolute Gasteiger partial charge is 0.244 e. The number of aromatic nitrogens is 3. The first-order valence-corrected chi connectivity index (χ1v) is 6.26. The van der Waals surface area contributed by atoms with E-state index in [-0.39, 0.29) is 11.9 Å². The molecule has 0 aliphatic heterocycles. The molecule has 1 N–H and O–H groups in total. The fourth-order valence-electron chi connectivity index (χ4n) is 1.42. The molecule has 2 aromatic heterocycles. The van der Waals surface area contributed by atoms with E-state index in [2.05, 4.69) is 15.4 Å². The Labute approximate surface area is 103 Å². The highest BCUT2D eigenvalue weighted by Crippen LogP contribution is 2.07. The number of carbonyl (C=O) groups is 1. The lowest BCUT2D eigenvalue weighted by molar-refractivity contribution is -0.124. The molecule has 90 valence electrons. The summed E-state index contributed by atoms with van der Waals surface area (Å²) in [5.41, 5.74) is 3.68. The zero-order valence-corrected chi connectivity index (χ0v) is 10.6. The summed E-state index contributed by atoms with van der Waals surface area (Å²) in [6.07, 6.45) is 3.59. The van der Waals surface area contributed by atoms with Crippen molar-refractivity contribution in [1.29, 1.82) is 0 Å². The van der Waals surface area contributed by atoms with Crippen LogP contribution in [0.5, 0.6) is 0 Å². The lowest BCUT2D eigenvalue weighted by Crippen LogP contribution is -2.30. The molecule has 0 saturated heterocycles. The SMILES string of the molecule is Cc1cnn(C(C)C(=O)NCc2cscn2)c1. The molecule has 0 radical (unpaired) electrons. The summed E-state index contributed by atoms with van der Waals surface area (Å²) in [6.45, 7) is 4.24. The maximum Gasteiger partial charge on any atom is 0.244 e. The van der Waals surface area contributed by atoms with Gasteiger partial charge in [0, 0.05) is 11.6 Å². The maximum absolute atomic E-state index is 11.9. The first kappa shape index (κ1) is 11.8. The van der Waals surface area contributed by atoms with Crippen molar-refractivity contribution < 1.29 is 4.79 Å². The molecule has 0 bridgehead atoms. The number of carbonyl (C=O) groups excluding carboxylic acids is 1. The average Bonchev–Trinajstić information content (AvgIpc) is 2.95. The fraction of sp³-hybridized carbons (Fsp3) is 0.364. The second-order valence-corrected chi connectivity index (χ2v) is 4.59. The minimum atomic E-state index is -0.303. The van der Waals surface area contributed by atoms with Crippen LogP contribution in [-0.4, -0.2) is 20.7 Å². The summed E-state index contributed by atoms with van der Waals surface area (Å²) in [5.74, 6) is -0.0545. The highest BCUT2D eigenvalue weighted by atomic mass is 32.1. The van der Waals surface area contributed by atoms with Crippen LogP contribution in [0.1, 0.15) is 24.2 Å². The van der Waals surface area contributed by atoms with Crippen LogP contribution in [0.4, 0.5) is 0 Å². The minimum Gasteiger partial charge on any atom is -0.349 e. The second-order valence-electron chi connectivity index (χ2n) is 3.87. The molecule has 2 rings (SSSR count). The molecule has 5 nitrogen and oxygen atoms in total. The summed E-state index contributed by atoms with van der Waals surface area (Å²) in [6, 6.07) is -0.303. The molecule has 0 aromatic carbocycles.